The monoisotopic (exact) mass is 400 g/mol. The molecule has 0 spiro atoms. The first kappa shape index (κ1) is 20.5. The Bertz CT molecular complexity index is 957. The molecule has 1 aromatic carbocycles. The summed E-state index contributed by atoms with van der Waals surface area (Å²) in [5.74, 6) is -3.01. The molecule has 1 atom stereocenters. The van der Waals surface area contributed by atoms with Gasteiger partial charge in [0.2, 0.25) is 5.91 Å². The number of alkyl halides is 2. The normalized spacial score (nSPS) is 18.8. The molecule has 1 unspecified atom stereocenters. The van der Waals surface area contributed by atoms with Crippen molar-refractivity contribution < 1.29 is 22.7 Å². The number of ether oxygens (including phenoxy) is 1. The van der Waals surface area contributed by atoms with Crippen LogP contribution in [0.5, 0.6) is 0 Å². The minimum Gasteiger partial charge on any atom is -0.492 e. The first-order chi connectivity index (χ1) is 13.8. The standard InChI is InChI=1S/C22H22F2N2O3/c1-4-5-6-19-14(2)9-15(12-28-19)21(27)26-16-7-8-17(20-11-25-13-29-20)18(10-16)22(3,23)24/h4-8,10-11,13,15H,2,9,12H2,1,3H3,(H,26,27)/b5-4-,19-6+. The number of oxazole rings is 1. The highest BCUT2D eigenvalue weighted by Gasteiger charge is 2.31. The number of anilines is 1. The summed E-state index contributed by atoms with van der Waals surface area (Å²) in [5, 5.41) is 2.70. The van der Waals surface area contributed by atoms with Crippen LogP contribution in [-0.2, 0) is 15.5 Å². The zero-order valence-electron chi connectivity index (χ0n) is 16.2. The average molecular weight is 400 g/mol. The Labute approximate surface area is 167 Å². The van der Waals surface area contributed by atoms with Crippen LogP contribution in [-0.4, -0.2) is 17.5 Å². The van der Waals surface area contributed by atoms with Gasteiger partial charge in [-0.3, -0.25) is 4.79 Å². The number of hydrogen-bond acceptors (Lipinski definition) is 4. The summed E-state index contributed by atoms with van der Waals surface area (Å²) in [6.07, 6.45) is 8.48. The van der Waals surface area contributed by atoms with E-state index in [1.54, 1.807) is 12.1 Å². The number of amides is 1. The molecule has 3 rings (SSSR count). The molecule has 0 bridgehead atoms. The number of rotatable bonds is 5. The molecule has 7 heteroatoms. The molecule has 0 saturated carbocycles. The van der Waals surface area contributed by atoms with Crippen LogP contribution in [0.4, 0.5) is 14.5 Å². The molecule has 1 aliphatic heterocycles. The lowest BCUT2D eigenvalue weighted by Gasteiger charge is -2.26. The van der Waals surface area contributed by atoms with Crippen LogP contribution in [0.25, 0.3) is 11.3 Å². The lowest BCUT2D eigenvalue weighted by atomic mass is 9.95. The summed E-state index contributed by atoms with van der Waals surface area (Å²) in [6, 6.07) is 4.30. The second-order valence-electron chi connectivity index (χ2n) is 6.88. The number of halogens is 2. The molecule has 2 aromatic rings. The Morgan fingerprint density at radius 3 is 2.83 bits per heavy atom. The summed E-state index contributed by atoms with van der Waals surface area (Å²) in [7, 11) is 0. The van der Waals surface area contributed by atoms with Gasteiger partial charge in [0, 0.05) is 23.7 Å². The Morgan fingerprint density at radius 2 is 2.21 bits per heavy atom. The van der Waals surface area contributed by atoms with Crippen LogP contribution in [0.2, 0.25) is 0 Å². The van der Waals surface area contributed by atoms with Gasteiger partial charge in [-0.15, -0.1) is 0 Å². The highest BCUT2D eigenvalue weighted by molar-refractivity contribution is 5.93. The summed E-state index contributed by atoms with van der Waals surface area (Å²) >= 11 is 0. The predicted octanol–water partition coefficient (Wildman–Crippen LogP) is 5.44. The minimum atomic E-state index is -3.13. The van der Waals surface area contributed by atoms with E-state index in [1.165, 1.54) is 24.7 Å². The van der Waals surface area contributed by atoms with E-state index in [4.69, 9.17) is 9.15 Å². The predicted molar refractivity (Wildman–Crippen MR) is 106 cm³/mol. The summed E-state index contributed by atoms with van der Waals surface area (Å²) in [4.78, 5) is 16.4. The molecule has 0 aliphatic carbocycles. The lowest BCUT2D eigenvalue weighted by molar-refractivity contribution is -0.121. The zero-order valence-corrected chi connectivity index (χ0v) is 16.2. The molecule has 5 nitrogen and oxygen atoms in total. The van der Waals surface area contributed by atoms with Gasteiger partial charge in [-0.05, 0) is 43.2 Å². The molecule has 29 heavy (non-hydrogen) atoms. The van der Waals surface area contributed by atoms with Crippen molar-refractivity contribution in [2.45, 2.75) is 26.2 Å². The fourth-order valence-corrected chi connectivity index (χ4v) is 3.06. The van der Waals surface area contributed by atoms with E-state index in [2.05, 4.69) is 16.9 Å². The maximum Gasteiger partial charge on any atom is 0.271 e. The number of benzene rings is 1. The van der Waals surface area contributed by atoms with Gasteiger partial charge in [0.25, 0.3) is 5.92 Å². The molecule has 1 aliphatic rings. The first-order valence-electron chi connectivity index (χ1n) is 9.15. The largest absolute Gasteiger partial charge is 0.492 e. The Morgan fingerprint density at radius 1 is 1.41 bits per heavy atom. The van der Waals surface area contributed by atoms with Crippen LogP contribution >= 0.6 is 0 Å². The third-order valence-electron chi connectivity index (χ3n) is 4.55. The molecule has 1 aromatic heterocycles. The number of hydrogen-bond donors (Lipinski definition) is 1. The zero-order chi connectivity index (χ0) is 21.0. The van der Waals surface area contributed by atoms with E-state index in [0.717, 1.165) is 12.5 Å². The van der Waals surface area contributed by atoms with Gasteiger partial charge in [-0.25, -0.2) is 13.8 Å². The van der Waals surface area contributed by atoms with Crippen LogP contribution in [0.1, 0.15) is 25.8 Å². The fraction of sp³-hybridized carbons (Fsp3) is 0.273. The fourth-order valence-electron chi connectivity index (χ4n) is 3.06. The van der Waals surface area contributed by atoms with E-state index in [1.807, 2.05) is 19.1 Å². The van der Waals surface area contributed by atoms with Crippen molar-refractivity contribution in [3.63, 3.8) is 0 Å². The van der Waals surface area contributed by atoms with Crippen LogP contribution in [0, 0.1) is 5.92 Å². The van der Waals surface area contributed by atoms with E-state index >= 15 is 0 Å². The lowest BCUT2D eigenvalue weighted by Crippen LogP contribution is -2.30. The molecule has 152 valence electrons. The smallest absolute Gasteiger partial charge is 0.271 e. The topological polar surface area (TPSA) is 64.4 Å². The number of allylic oxidation sites excluding steroid dienone is 4. The maximum absolute atomic E-state index is 14.2. The molecule has 1 N–H and O–H groups in total. The van der Waals surface area contributed by atoms with Gasteiger partial charge >= 0.3 is 0 Å². The van der Waals surface area contributed by atoms with Crippen molar-refractivity contribution >= 4 is 11.6 Å². The number of nitrogens with zero attached hydrogens (tertiary/aromatic N) is 1. The van der Waals surface area contributed by atoms with Gasteiger partial charge < -0.3 is 14.5 Å². The van der Waals surface area contributed by atoms with Gasteiger partial charge in [0.15, 0.2) is 12.2 Å². The van der Waals surface area contributed by atoms with Crippen molar-refractivity contribution in [3.8, 4) is 11.3 Å². The van der Waals surface area contributed by atoms with Crippen molar-refractivity contribution in [1.82, 2.24) is 4.98 Å². The third kappa shape index (κ3) is 4.80. The summed E-state index contributed by atoms with van der Waals surface area (Å²) < 4.78 is 39.1. The number of aromatic nitrogens is 1. The molecule has 2 heterocycles. The highest BCUT2D eigenvalue weighted by Crippen LogP contribution is 2.37. The second-order valence-corrected chi connectivity index (χ2v) is 6.88. The van der Waals surface area contributed by atoms with Crippen LogP contribution in [0.15, 0.2) is 71.3 Å². The molecular weight excluding hydrogens is 378 g/mol. The van der Waals surface area contributed by atoms with Crippen molar-refractivity contribution in [2.75, 3.05) is 11.9 Å². The van der Waals surface area contributed by atoms with E-state index < -0.39 is 11.8 Å². The maximum atomic E-state index is 14.2. The molecule has 1 fully saturated rings. The van der Waals surface area contributed by atoms with Gasteiger partial charge in [-0.1, -0.05) is 18.7 Å². The number of carbonyl (C=O) groups excluding carboxylic acids is 1. The second kappa shape index (κ2) is 8.43. The Balaban J connectivity index is 1.77. The molecular formula is C22H22F2N2O3. The number of nitrogens with one attached hydrogen (secondary N) is 1. The van der Waals surface area contributed by atoms with E-state index in [-0.39, 0.29) is 35.1 Å². The minimum absolute atomic E-state index is 0.196. The molecule has 1 amide bonds. The highest BCUT2D eigenvalue weighted by atomic mass is 19.3. The van der Waals surface area contributed by atoms with Crippen LogP contribution < -0.4 is 5.32 Å². The molecule has 1 saturated heterocycles. The van der Waals surface area contributed by atoms with Crippen molar-refractivity contribution in [3.05, 3.63) is 72.5 Å². The van der Waals surface area contributed by atoms with E-state index in [9.17, 15) is 13.6 Å². The van der Waals surface area contributed by atoms with Crippen molar-refractivity contribution in [1.29, 1.82) is 0 Å². The van der Waals surface area contributed by atoms with Gasteiger partial charge in [0.1, 0.15) is 12.4 Å². The first-order valence-corrected chi connectivity index (χ1v) is 9.15. The van der Waals surface area contributed by atoms with E-state index in [0.29, 0.717) is 12.2 Å². The SMILES string of the molecule is C=C1CC(C(=O)Nc2ccc(-c3cnco3)c(C(C)(F)F)c2)CO/C1=C/C=C\C. The van der Waals surface area contributed by atoms with Gasteiger partial charge in [-0.2, -0.15) is 0 Å². The average Bonchev–Trinajstić information content (AvgIpc) is 3.21. The quantitative estimate of drug-likeness (QED) is 0.725. The Kier molecular flexibility index (Phi) is 5.96. The van der Waals surface area contributed by atoms with Crippen LogP contribution in [0.3, 0.4) is 0 Å². The van der Waals surface area contributed by atoms with Gasteiger partial charge in [0.05, 0.1) is 12.1 Å². The summed E-state index contributed by atoms with van der Waals surface area (Å²) in [5.41, 5.74) is 0.959. The van der Waals surface area contributed by atoms with Crippen molar-refractivity contribution in [2.24, 2.45) is 5.92 Å². The third-order valence-corrected chi connectivity index (χ3v) is 4.55. The number of carbonyl (C=O) groups is 1. The Hall–Kier alpha value is -3.22. The summed E-state index contributed by atoms with van der Waals surface area (Å²) in [6.45, 7) is 6.83. The molecule has 0 radical (unpaired) electrons.